The van der Waals surface area contributed by atoms with Gasteiger partial charge in [-0.25, -0.2) is 4.98 Å². The van der Waals surface area contributed by atoms with E-state index in [4.69, 9.17) is 11.6 Å². The third-order valence-corrected chi connectivity index (χ3v) is 2.90. The van der Waals surface area contributed by atoms with Crippen molar-refractivity contribution in [2.75, 3.05) is 0 Å². The minimum atomic E-state index is 0.540. The van der Waals surface area contributed by atoms with E-state index >= 15 is 0 Å². The molecular weight excluding hydrogens is 190 g/mol. The van der Waals surface area contributed by atoms with Crippen molar-refractivity contribution in [3.8, 4) is 0 Å². The Hall–Kier alpha value is -0.0800. The maximum absolute atomic E-state index is 5.65. The van der Waals surface area contributed by atoms with Gasteiger partial charge in [-0.3, -0.25) is 0 Å². The molecule has 0 aliphatic heterocycles. The Labute approximate surface area is 82.8 Å². The summed E-state index contributed by atoms with van der Waals surface area (Å²) < 4.78 is 0. The maximum atomic E-state index is 5.65. The molecule has 1 heterocycles. The Morgan fingerprint density at radius 2 is 2.33 bits per heavy atom. The standard InChI is InChI=1S/C9H14ClNS/c1-7(2)3-4-9-11-8(5-10)6-12-9/h6-7H,3-5H2,1-2H3. The van der Waals surface area contributed by atoms with Crippen LogP contribution in [-0.2, 0) is 12.3 Å². The summed E-state index contributed by atoms with van der Waals surface area (Å²) in [5, 5.41) is 3.27. The van der Waals surface area contributed by atoms with Crippen LogP contribution in [0.5, 0.6) is 0 Å². The number of hydrogen-bond donors (Lipinski definition) is 0. The number of thiazole rings is 1. The predicted octanol–water partition coefficient (Wildman–Crippen LogP) is 3.47. The molecule has 0 atom stereocenters. The lowest BCUT2D eigenvalue weighted by Gasteiger charge is -1.99. The van der Waals surface area contributed by atoms with Gasteiger partial charge in [0.05, 0.1) is 16.6 Å². The fraction of sp³-hybridized carbons (Fsp3) is 0.667. The molecule has 0 fully saturated rings. The van der Waals surface area contributed by atoms with Crippen LogP contribution in [-0.4, -0.2) is 4.98 Å². The Kier molecular flexibility index (Phi) is 4.02. The average Bonchev–Trinajstić information content (AvgIpc) is 2.48. The van der Waals surface area contributed by atoms with Gasteiger partial charge < -0.3 is 0 Å². The summed E-state index contributed by atoms with van der Waals surface area (Å²) in [4.78, 5) is 4.39. The number of halogens is 1. The molecule has 68 valence electrons. The molecule has 0 aliphatic rings. The van der Waals surface area contributed by atoms with Crippen LogP contribution in [0.3, 0.4) is 0 Å². The molecule has 0 aromatic carbocycles. The Morgan fingerprint density at radius 3 is 2.83 bits per heavy atom. The molecule has 1 rings (SSSR count). The molecule has 12 heavy (non-hydrogen) atoms. The van der Waals surface area contributed by atoms with Gasteiger partial charge in [0.2, 0.25) is 0 Å². The van der Waals surface area contributed by atoms with Crippen molar-refractivity contribution in [2.45, 2.75) is 32.6 Å². The molecule has 0 spiro atoms. The van der Waals surface area contributed by atoms with Gasteiger partial charge in [0.25, 0.3) is 0 Å². The normalized spacial score (nSPS) is 11.0. The third-order valence-electron chi connectivity index (χ3n) is 1.67. The molecule has 0 amide bonds. The highest BCUT2D eigenvalue weighted by molar-refractivity contribution is 7.09. The van der Waals surface area contributed by atoms with Crippen molar-refractivity contribution in [1.29, 1.82) is 0 Å². The molecule has 0 N–H and O–H groups in total. The molecule has 0 radical (unpaired) electrons. The number of hydrogen-bond acceptors (Lipinski definition) is 2. The zero-order valence-electron chi connectivity index (χ0n) is 7.51. The first-order valence-electron chi connectivity index (χ1n) is 4.21. The monoisotopic (exact) mass is 203 g/mol. The van der Waals surface area contributed by atoms with Gasteiger partial charge in [-0.15, -0.1) is 22.9 Å². The number of alkyl halides is 1. The third kappa shape index (κ3) is 3.11. The zero-order chi connectivity index (χ0) is 8.97. The lowest BCUT2D eigenvalue weighted by Crippen LogP contribution is -1.91. The summed E-state index contributed by atoms with van der Waals surface area (Å²) >= 11 is 7.37. The summed E-state index contributed by atoms with van der Waals surface area (Å²) in [5.41, 5.74) is 1.01. The fourth-order valence-electron chi connectivity index (χ4n) is 0.937. The minimum Gasteiger partial charge on any atom is -0.245 e. The van der Waals surface area contributed by atoms with Crippen LogP contribution in [0.15, 0.2) is 5.38 Å². The second-order valence-electron chi connectivity index (χ2n) is 3.30. The summed E-state index contributed by atoms with van der Waals surface area (Å²) in [6.07, 6.45) is 2.31. The van der Waals surface area contributed by atoms with Crippen LogP contribution in [0, 0.1) is 5.92 Å². The highest BCUT2D eigenvalue weighted by Crippen LogP contribution is 2.15. The number of nitrogens with zero attached hydrogens (tertiary/aromatic N) is 1. The van der Waals surface area contributed by atoms with E-state index in [0.717, 1.165) is 18.0 Å². The molecule has 0 saturated heterocycles. The lowest BCUT2D eigenvalue weighted by molar-refractivity contribution is 0.585. The highest BCUT2D eigenvalue weighted by Gasteiger charge is 2.01. The molecule has 1 aromatic rings. The van der Waals surface area contributed by atoms with Crippen LogP contribution in [0.2, 0.25) is 0 Å². The van der Waals surface area contributed by atoms with E-state index in [1.54, 1.807) is 11.3 Å². The minimum absolute atomic E-state index is 0.540. The Morgan fingerprint density at radius 1 is 1.58 bits per heavy atom. The first-order chi connectivity index (χ1) is 5.72. The molecular formula is C9H14ClNS. The van der Waals surface area contributed by atoms with Crippen molar-refractivity contribution < 1.29 is 0 Å². The van der Waals surface area contributed by atoms with Gasteiger partial charge >= 0.3 is 0 Å². The van der Waals surface area contributed by atoms with E-state index < -0.39 is 0 Å². The molecule has 1 aromatic heterocycles. The van der Waals surface area contributed by atoms with E-state index in [2.05, 4.69) is 18.8 Å². The summed E-state index contributed by atoms with van der Waals surface area (Å²) in [6, 6.07) is 0. The van der Waals surface area contributed by atoms with Gasteiger partial charge in [-0.1, -0.05) is 13.8 Å². The van der Waals surface area contributed by atoms with Crippen molar-refractivity contribution in [2.24, 2.45) is 5.92 Å². The summed E-state index contributed by atoms with van der Waals surface area (Å²) in [7, 11) is 0. The van der Waals surface area contributed by atoms with Gasteiger partial charge in [-0.2, -0.15) is 0 Å². The van der Waals surface area contributed by atoms with Gasteiger partial charge in [0.15, 0.2) is 0 Å². The summed E-state index contributed by atoms with van der Waals surface area (Å²) in [5.74, 6) is 1.30. The van der Waals surface area contributed by atoms with E-state index in [0.29, 0.717) is 5.88 Å². The SMILES string of the molecule is CC(C)CCc1nc(CCl)cs1. The fourth-order valence-corrected chi connectivity index (χ4v) is 1.98. The topological polar surface area (TPSA) is 12.9 Å². The lowest BCUT2D eigenvalue weighted by atomic mass is 10.1. The second-order valence-corrected chi connectivity index (χ2v) is 4.51. The Balaban J connectivity index is 2.41. The predicted molar refractivity (Wildman–Crippen MR) is 54.8 cm³/mol. The largest absolute Gasteiger partial charge is 0.245 e. The Bertz CT molecular complexity index is 232. The van der Waals surface area contributed by atoms with Crippen LogP contribution in [0.1, 0.15) is 31.0 Å². The van der Waals surface area contributed by atoms with Crippen molar-refractivity contribution in [1.82, 2.24) is 4.98 Å². The number of rotatable bonds is 4. The highest BCUT2D eigenvalue weighted by atomic mass is 35.5. The second kappa shape index (κ2) is 4.83. The van der Waals surface area contributed by atoms with Crippen LogP contribution in [0.25, 0.3) is 0 Å². The molecule has 0 aliphatic carbocycles. The van der Waals surface area contributed by atoms with E-state index in [9.17, 15) is 0 Å². The average molecular weight is 204 g/mol. The van der Waals surface area contributed by atoms with Crippen molar-refractivity contribution >= 4 is 22.9 Å². The van der Waals surface area contributed by atoms with Crippen LogP contribution in [0.4, 0.5) is 0 Å². The first-order valence-corrected chi connectivity index (χ1v) is 5.63. The quantitative estimate of drug-likeness (QED) is 0.683. The maximum Gasteiger partial charge on any atom is 0.0928 e. The van der Waals surface area contributed by atoms with Crippen LogP contribution >= 0.6 is 22.9 Å². The number of aromatic nitrogens is 1. The molecule has 0 unspecified atom stereocenters. The molecule has 0 bridgehead atoms. The van der Waals surface area contributed by atoms with E-state index in [-0.39, 0.29) is 0 Å². The van der Waals surface area contributed by atoms with Crippen LogP contribution < -0.4 is 0 Å². The molecule has 0 saturated carbocycles. The summed E-state index contributed by atoms with van der Waals surface area (Å²) in [6.45, 7) is 4.46. The van der Waals surface area contributed by atoms with Crippen molar-refractivity contribution in [3.63, 3.8) is 0 Å². The van der Waals surface area contributed by atoms with Crippen molar-refractivity contribution in [3.05, 3.63) is 16.1 Å². The first kappa shape index (κ1) is 10.0. The van der Waals surface area contributed by atoms with E-state index in [1.807, 2.05) is 5.38 Å². The van der Waals surface area contributed by atoms with Gasteiger partial charge in [-0.05, 0) is 18.8 Å². The van der Waals surface area contributed by atoms with E-state index in [1.165, 1.54) is 11.4 Å². The smallest absolute Gasteiger partial charge is 0.0928 e. The molecule has 3 heteroatoms. The number of aryl methyl sites for hydroxylation is 1. The van der Waals surface area contributed by atoms with Gasteiger partial charge in [0, 0.05) is 5.38 Å². The zero-order valence-corrected chi connectivity index (χ0v) is 9.08. The molecule has 1 nitrogen and oxygen atoms in total. The van der Waals surface area contributed by atoms with Gasteiger partial charge in [0.1, 0.15) is 0 Å².